The second kappa shape index (κ2) is 8.59. The van der Waals surface area contributed by atoms with Crippen molar-refractivity contribution in [3.63, 3.8) is 0 Å². The number of hydrogen-bond donors (Lipinski definition) is 1. The summed E-state index contributed by atoms with van der Waals surface area (Å²) in [5.41, 5.74) is 1.35. The number of benzene rings is 2. The highest BCUT2D eigenvalue weighted by Crippen LogP contribution is 2.31. The quantitative estimate of drug-likeness (QED) is 0.621. The average molecular weight is 385 g/mol. The zero-order chi connectivity index (χ0) is 19.2. The Labute approximate surface area is 161 Å². The Morgan fingerprint density at radius 1 is 1.11 bits per heavy atom. The van der Waals surface area contributed by atoms with Crippen LogP contribution in [0.4, 0.5) is 6.01 Å². The molecule has 0 saturated heterocycles. The van der Waals surface area contributed by atoms with E-state index in [0.717, 1.165) is 5.56 Å². The van der Waals surface area contributed by atoms with Gasteiger partial charge in [-0.15, -0.1) is 16.9 Å². The molecule has 1 N–H and O–H groups in total. The van der Waals surface area contributed by atoms with E-state index >= 15 is 0 Å². The number of nitrogens with one attached hydrogen (secondary N) is 1. The molecule has 2 aromatic carbocycles. The monoisotopic (exact) mass is 385 g/mol. The predicted molar refractivity (Wildman–Crippen MR) is 103 cm³/mol. The molecule has 0 aliphatic rings. The predicted octanol–water partition coefficient (Wildman–Crippen LogP) is 3.65. The van der Waals surface area contributed by atoms with Gasteiger partial charge in [0.05, 0.1) is 26.2 Å². The summed E-state index contributed by atoms with van der Waals surface area (Å²) in [6.07, 6.45) is 2.51. The van der Waals surface area contributed by atoms with E-state index in [0.29, 0.717) is 29.4 Å². The minimum atomic E-state index is -0.426. The van der Waals surface area contributed by atoms with Gasteiger partial charge in [0.1, 0.15) is 0 Å². The molecule has 0 aliphatic carbocycles. The lowest BCUT2D eigenvalue weighted by atomic mass is 10.1. The third-order valence-corrected chi connectivity index (χ3v) is 4.59. The number of thioether (sulfide) groups is 1. The van der Waals surface area contributed by atoms with Crippen molar-refractivity contribution in [2.45, 2.75) is 11.3 Å². The van der Waals surface area contributed by atoms with Crippen molar-refractivity contribution in [2.24, 2.45) is 0 Å². The van der Waals surface area contributed by atoms with Gasteiger partial charge in [-0.25, -0.2) is 0 Å². The Bertz CT molecular complexity index is 925. The van der Waals surface area contributed by atoms with Gasteiger partial charge in [0, 0.05) is 4.90 Å². The minimum Gasteiger partial charge on any atom is -0.493 e. The van der Waals surface area contributed by atoms with Crippen molar-refractivity contribution in [1.82, 2.24) is 10.2 Å². The Hall–Kier alpha value is -3.00. The molecule has 140 valence electrons. The van der Waals surface area contributed by atoms with Crippen LogP contribution in [0.5, 0.6) is 11.5 Å². The molecule has 0 fully saturated rings. The zero-order valence-electron chi connectivity index (χ0n) is 15.2. The van der Waals surface area contributed by atoms with E-state index in [-0.39, 0.29) is 6.01 Å². The van der Waals surface area contributed by atoms with E-state index in [1.54, 1.807) is 30.0 Å². The first-order valence-electron chi connectivity index (χ1n) is 8.12. The van der Waals surface area contributed by atoms with E-state index in [9.17, 15) is 4.79 Å². The second-order valence-electron chi connectivity index (χ2n) is 5.52. The Morgan fingerprint density at radius 2 is 1.89 bits per heavy atom. The van der Waals surface area contributed by atoms with Crippen LogP contribution in [0.1, 0.15) is 21.8 Å². The molecular weight excluding hydrogens is 366 g/mol. The van der Waals surface area contributed by atoms with Crippen LogP contribution in [0, 0.1) is 0 Å². The van der Waals surface area contributed by atoms with Crippen molar-refractivity contribution in [3.8, 4) is 11.5 Å². The van der Waals surface area contributed by atoms with Crippen LogP contribution in [-0.2, 0) is 6.42 Å². The van der Waals surface area contributed by atoms with Crippen LogP contribution in [0.25, 0.3) is 0 Å². The maximum absolute atomic E-state index is 12.5. The number of rotatable bonds is 7. The molecule has 0 aliphatic heterocycles. The third-order valence-electron chi connectivity index (χ3n) is 3.85. The second-order valence-corrected chi connectivity index (χ2v) is 6.40. The summed E-state index contributed by atoms with van der Waals surface area (Å²) >= 11 is 1.68. The molecule has 0 unspecified atom stereocenters. The molecule has 3 aromatic rings. The standard InChI is InChI=1S/C19H19N3O4S/c1-24-15-6-4-5-14(17(15)25-2)18(23)20-19-22-21-16(26-19)11-12-7-9-13(27-3)10-8-12/h4-10H,11H2,1-3H3,(H,20,22,23). The summed E-state index contributed by atoms with van der Waals surface area (Å²) in [6, 6.07) is 13.2. The van der Waals surface area contributed by atoms with Gasteiger partial charge in [-0.2, -0.15) is 0 Å². The fourth-order valence-electron chi connectivity index (χ4n) is 2.52. The maximum Gasteiger partial charge on any atom is 0.322 e. The van der Waals surface area contributed by atoms with Crippen LogP contribution in [0.2, 0.25) is 0 Å². The van der Waals surface area contributed by atoms with E-state index in [1.165, 1.54) is 19.1 Å². The van der Waals surface area contributed by atoms with Gasteiger partial charge >= 0.3 is 6.01 Å². The fourth-order valence-corrected chi connectivity index (χ4v) is 2.93. The van der Waals surface area contributed by atoms with Gasteiger partial charge < -0.3 is 13.9 Å². The summed E-state index contributed by atoms with van der Waals surface area (Å²) in [6.45, 7) is 0. The molecule has 3 rings (SSSR count). The summed E-state index contributed by atoms with van der Waals surface area (Å²) < 4.78 is 16.0. The molecule has 7 nitrogen and oxygen atoms in total. The van der Waals surface area contributed by atoms with Gasteiger partial charge in [0.15, 0.2) is 11.5 Å². The third kappa shape index (κ3) is 4.40. The van der Waals surface area contributed by atoms with Crippen molar-refractivity contribution in [2.75, 3.05) is 25.8 Å². The number of nitrogens with zero attached hydrogens (tertiary/aromatic N) is 2. The highest BCUT2D eigenvalue weighted by Gasteiger charge is 2.18. The molecule has 8 heteroatoms. The number of carbonyl (C=O) groups excluding carboxylic acids is 1. The number of carbonyl (C=O) groups is 1. The Kier molecular flexibility index (Phi) is 5.97. The van der Waals surface area contributed by atoms with Gasteiger partial charge in [-0.1, -0.05) is 23.3 Å². The van der Waals surface area contributed by atoms with Crippen LogP contribution in [0.15, 0.2) is 51.8 Å². The van der Waals surface area contributed by atoms with Gasteiger partial charge in [0.25, 0.3) is 5.91 Å². The lowest BCUT2D eigenvalue weighted by Crippen LogP contribution is -2.13. The average Bonchev–Trinajstić information content (AvgIpc) is 3.14. The number of aromatic nitrogens is 2. The van der Waals surface area contributed by atoms with Gasteiger partial charge in [-0.3, -0.25) is 10.1 Å². The number of anilines is 1. The van der Waals surface area contributed by atoms with Crippen molar-refractivity contribution >= 4 is 23.7 Å². The number of para-hydroxylation sites is 1. The SMILES string of the molecule is COc1cccc(C(=O)Nc2nnc(Cc3ccc(SC)cc3)o2)c1OC. The molecular formula is C19H19N3O4S. The van der Waals surface area contributed by atoms with E-state index in [4.69, 9.17) is 13.9 Å². The van der Waals surface area contributed by atoms with Crippen LogP contribution < -0.4 is 14.8 Å². The summed E-state index contributed by atoms with van der Waals surface area (Å²) in [4.78, 5) is 13.7. The molecule has 27 heavy (non-hydrogen) atoms. The topological polar surface area (TPSA) is 86.5 Å². The minimum absolute atomic E-state index is 0.0283. The van der Waals surface area contributed by atoms with E-state index in [2.05, 4.69) is 15.5 Å². The first-order valence-corrected chi connectivity index (χ1v) is 9.34. The largest absolute Gasteiger partial charge is 0.493 e. The van der Waals surface area contributed by atoms with E-state index in [1.807, 2.05) is 30.5 Å². The van der Waals surface area contributed by atoms with Crippen LogP contribution in [0.3, 0.4) is 0 Å². The number of hydrogen-bond acceptors (Lipinski definition) is 7. The normalized spacial score (nSPS) is 10.5. The zero-order valence-corrected chi connectivity index (χ0v) is 16.0. The molecule has 0 radical (unpaired) electrons. The molecule has 0 saturated carbocycles. The smallest absolute Gasteiger partial charge is 0.322 e. The van der Waals surface area contributed by atoms with Crippen molar-refractivity contribution < 1.29 is 18.7 Å². The molecule has 1 amide bonds. The van der Waals surface area contributed by atoms with Crippen molar-refractivity contribution in [3.05, 3.63) is 59.5 Å². The molecule has 1 heterocycles. The van der Waals surface area contributed by atoms with Crippen LogP contribution >= 0.6 is 11.8 Å². The molecule has 0 atom stereocenters. The highest BCUT2D eigenvalue weighted by molar-refractivity contribution is 7.98. The first-order chi connectivity index (χ1) is 13.1. The Morgan fingerprint density at radius 3 is 2.56 bits per heavy atom. The van der Waals surface area contributed by atoms with Gasteiger partial charge in [0.2, 0.25) is 5.89 Å². The summed E-state index contributed by atoms with van der Waals surface area (Å²) in [5.74, 6) is 0.793. The lowest BCUT2D eigenvalue weighted by molar-refractivity contribution is 0.102. The molecule has 0 bridgehead atoms. The maximum atomic E-state index is 12.5. The first kappa shape index (κ1) is 18.8. The molecule has 1 aromatic heterocycles. The van der Waals surface area contributed by atoms with Gasteiger partial charge in [-0.05, 0) is 36.1 Å². The molecule has 0 spiro atoms. The Balaban J connectivity index is 1.71. The summed E-state index contributed by atoms with van der Waals surface area (Å²) in [7, 11) is 2.98. The summed E-state index contributed by atoms with van der Waals surface area (Å²) in [5, 5.41) is 10.5. The fraction of sp³-hybridized carbons (Fsp3) is 0.211. The van der Waals surface area contributed by atoms with Crippen molar-refractivity contribution in [1.29, 1.82) is 0 Å². The van der Waals surface area contributed by atoms with Crippen LogP contribution in [-0.4, -0.2) is 36.6 Å². The highest BCUT2D eigenvalue weighted by atomic mass is 32.2. The number of amides is 1. The number of ether oxygens (including phenoxy) is 2. The number of methoxy groups -OCH3 is 2. The van der Waals surface area contributed by atoms with E-state index < -0.39 is 5.91 Å². The lowest BCUT2D eigenvalue weighted by Gasteiger charge is -2.11.